The Balaban J connectivity index is 1.63. The van der Waals surface area contributed by atoms with E-state index >= 15 is 0 Å². The third-order valence-electron chi connectivity index (χ3n) is 4.27. The maximum atomic E-state index is 6.22. The molecule has 0 bridgehead atoms. The largest absolute Gasteiger partial charge is 0.368 e. The molecular weight excluding hydrogens is 397 g/mol. The zero-order valence-corrected chi connectivity index (χ0v) is 16.8. The van der Waals surface area contributed by atoms with Crippen LogP contribution in [0.1, 0.15) is 5.56 Å². The molecule has 1 fully saturated rings. The predicted molar refractivity (Wildman–Crippen MR) is 113 cm³/mol. The first kappa shape index (κ1) is 18.6. The molecule has 3 rings (SSSR count). The Bertz CT molecular complexity index is 789. The highest BCUT2D eigenvalue weighted by atomic mass is 35.5. The number of nitrogens with zero attached hydrogens (tertiary/aromatic N) is 2. The average molecular weight is 415 g/mol. The van der Waals surface area contributed by atoms with E-state index in [4.69, 9.17) is 47.0 Å². The number of halogens is 3. The maximum absolute atomic E-state index is 6.22. The average Bonchev–Trinajstić information content (AvgIpc) is 2.61. The van der Waals surface area contributed by atoms with Crippen LogP contribution >= 0.6 is 47.0 Å². The number of piperazine rings is 1. The molecule has 0 aromatic heterocycles. The van der Waals surface area contributed by atoms with Crippen LogP contribution in [0.2, 0.25) is 15.1 Å². The SMILES string of the molecule is Cc1ccc(Cl)cc1N1CCN(C(=S)Nc2cccc(Cl)c2Cl)CC1. The summed E-state index contributed by atoms with van der Waals surface area (Å²) in [4.78, 5) is 4.48. The first-order valence-electron chi connectivity index (χ1n) is 7.97. The first-order valence-corrected chi connectivity index (χ1v) is 9.51. The molecule has 132 valence electrons. The van der Waals surface area contributed by atoms with Crippen LogP contribution in [0.15, 0.2) is 36.4 Å². The molecule has 1 N–H and O–H groups in total. The summed E-state index contributed by atoms with van der Waals surface area (Å²) in [7, 11) is 0. The van der Waals surface area contributed by atoms with Gasteiger partial charge in [-0.3, -0.25) is 0 Å². The van der Waals surface area contributed by atoms with Crippen molar-refractivity contribution in [3.63, 3.8) is 0 Å². The van der Waals surface area contributed by atoms with E-state index in [9.17, 15) is 0 Å². The number of benzene rings is 2. The van der Waals surface area contributed by atoms with Crippen LogP contribution in [0.4, 0.5) is 11.4 Å². The minimum Gasteiger partial charge on any atom is -0.368 e. The van der Waals surface area contributed by atoms with Crippen molar-refractivity contribution in [1.29, 1.82) is 0 Å². The molecule has 0 unspecified atom stereocenters. The Morgan fingerprint density at radius 2 is 1.76 bits per heavy atom. The minimum atomic E-state index is 0.486. The van der Waals surface area contributed by atoms with Crippen molar-refractivity contribution in [3.05, 3.63) is 57.0 Å². The van der Waals surface area contributed by atoms with Crippen molar-refractivity contribution >= 4 is 63.5 Å². The zero-order valence-electron chi connectivity index (χ0n) is 13.7. The van der Waals surface area contributed by atoms with Crippen molar-refractivity contribution in [2.45, 2.75) is 6.92 Å². The van der Waals surface area contributed by atoms with E-state index in [2.05, 4.69) is 28.1 Å². The van der Waals surface area contributed by atoms with Crippen molar-refractivity contribution in [1.82, 2.24) is 4.90 Å². The quantitative estimate of drug-likeness (QED) is 0.656. The number of aryl methyl sites for hydroxylation is 1. The summed E-state index contributed by atoms with van der Waals surface area (Å²) >= 11 is 23.9. The Hall–Kier alpha value is -1.20. The highest BCUT2D eigenvalue weighted by Gasteiger charge is 2.21. The topological polar surface area (TPSA) is 18.5 Å². The van der Waals surface area contributed by atoms with Crippen molar-refractivity contribution < 1.29 is 0 Å². The summed E-state index contributed by atoms with van der Waals surface area (Å²) < 4.78 is 0. The second-order valence-electron chi connectivity index (χ2n) is 5.94. The molecule has 2 aromatic rings. The maximum Gasteiger partial charge on any atom is 0.173 e. The molecule has 3 nitrogen and oxygen atoms in total. The van der Waals surface area contributed by atoms with Crippen LogP contribution in [0.25, 0.3) is 0 Å². The van der Waals surface area contributed by atoms with Gasteiger partial charge in [0.15, 0.2) is 5.11 Å². The van der Waals surface area contributed by atoms with Gasteiger partial charge in [0.1, 0.15) is 0 Å². The molecule has 0 aliphatic carbocycles. The van der Waals surface area contributed by atoms with E-state index in [1.54, 1.807) is 6.07 Å². The molecule has 0 saturated carbocycles. The lowest BCUT2D eigenvalue weighted by molar-refractivity contribution is 0.390. The molecule has 25 heavy (non-hydrogen) atoms. The lowest BCUT2D eigenvalue weighted by Gasteiger charge is -2.38. The fraction of sp³-hybridized carbons (Fsp3) is 0.278. The van der Waals surface area contributed by atoms with Gasteiger partial charge in [0.05, 0.1) is 15.7 Å². The molecule has 1 heterocycles. The second-order valence-corrected chi connectivity index (χ2v) is 7.54. The Morgan fingerprint density at radius 1 is 1.04 bits per heavy atom. The van der Waals surface area contributed by atoms with Crippen molar-refractivity contribution in [2.75, 3.05) is 36.4 Å². The van der Waals surface area contributed by atoms with Gasteiger partial charge in [-0.25, -0.2) is 0 Å². The van der Waals surface area contributed by atoms with Gasteiger partial charge in [-0.2, -0.15) is 0 Å². The molecule has 1 saturated heterocycles. The molecule has 1 aliphatic heterocycles. The molecule has 0 spiro atoms. The van der Waals surface area contributed by atoms with E-state index in [1.807, 2.05) is 24.3 Å². The standard InChI is InChI=1S/C18H18Cl3N3S/c1-12-5-6-13(19)11-16(12)23-7-9-24(10-8-23)18(25)22-15-4-2-3-14(20)17(15)21/h2-6,11H,7-10H2,1H3,(H,22,25). The molecule has 0 amide bonds. The molecule has 0 radical (unpaired) electrons. The Kier molecular flexibility index (Phi) is 5.95. The minimum absolute atomic E-state index is 0.486. The van der Waals surface area contributed by atoms with Gasteiger partial charge in [-0.1, -0.05) is 46.9 Å². The van der Waals surface area contributed by atoms with Gasteiger partial charge in [0.2, 0.25) is 0 Å². The molecular formula is C18H18Cl3N3S. The monoisotopic (exact) mass is 413 g/mol. The van der Waals surface area contributed by atoms with Gasteiger partial charge in [-0.05, 0) is 49.0 Å². The van der Waals surface area contributed by atoms with E-state index in [0.717, 1.165) is 36.9 Å². The number of hydrogen-bond acceptors (Lipinski definition) is 2. The molecule has 2 aromatic carbocycles. The van der Waals surface area contributed by atoms with Gasteiger partial charge >= 0.3 is 0 Å². The number of thiocarbonyl (C=S) groups is 1. The molecule has 1 aliphatic rings. The summed E-state index contributed by atoms with van der Waals surface area (Å²) in [6.45, 7) is 5.52. The summed E-state index contributed by atoms with van der Waals surface area (Å²) in [5, 5.41) is 5.61. The smallest absolute Gasteiger partial charge is 0.173 e. The van der Waals surface area contributed by atoms with E-state index in [1.165, 1.54) is 11.3 Å². The third kappa shape index (κ3) is 4.32. The fourth-order valence-electron chi connectivity index (χ4n) is 2.87. The number of hydrogen-bond donors (Lipinski definition) is 1. The lowest BCUT2D eigenvalue weighted by Crippen LogP contribution is -2.50. The second kappa shape index (κ2) is 8.00. The van der Waals surface area contributed by atoms with Crippen LogP contribution in [-0.4, -0.2) is 36.2 Å². The molecule has 0 atom stereocenters. The van der Waals surface area contributed by atoms with Crippen molar-refractivity contribution in [2.24, 2.45) is 0 Å². The summed E-state index contributed by atoms with van der Waals surface area (Å²) in [6.07, 6.45) is 0. The van der Waals surface area contributed by atoms with E-state index in [-0.39, 0.29) is 0 Å². The molecule has 7 heteroatoms. The van der Waals surface area contributed by atoms with Crippen LogP contribution in [-0.2, 0) is 0 Å². The van der Waals surface area contributed by atoms with Crippen LogP contribution in [0.3, 0.4) is 0 Å². The lowest BCUT2D eigenvalue weighted by atomic mass is 10.1. The predicted octanol–water partition coefficient (Wildman–Crippen LogP) is 5.47. The van der Waals surface area contributed by atoms with Crippen LogP contribution in [0.5, 0.6) is 0 Å². The number of rotatable bonds is 2. The van der Waals surface area contributed by atoms with E-state index < -0.39 is 0 Å². The zero-order chi connectivity index (χ0) is 18.0. The van der Waals surface area contributed by atoms with Crippen molar-refractivity contribution in [3.8, 4) is 0 Å². The fourth-order valence-corrected chi connectivity index (χ4v) is 3.67. The van der Waals surface area contributed by atoms with Crippen LogP contribution in [0, 0.1) is 6.92 Å². The van der Waals surface area contributed by atoms with E-state index in [0.29, 0.717) is 15.2 Å². The van der Waals surface area contributed by atoms with Gasteiger partial charge < -0.3 is 15.1 Å². The summed E-state index contributed by atoms with van der Waals surface area (Å²) in [5.74, 6) is 0. The van der Waals surface area contributed by atoms with Crippen LogP contribution < -0.4 is 10.2 Å². The highest BCUT2D eigenvalue weighted by molar-refractivity contribution is 7.80. The van der Waals surface area contributed by atoms with Gasteiger partial charge in [-0.15, -0.1) is 0 Å². The third-order valence-corrected chi connectivity index (χ3v) is 5.69. The first-order chi connectivity index (χ1) is 12.0. The number of nitrogens with one attached hydrogen (secondary N) is 1. The Morgan fingerprint density at radius 3 is 2.48 bits per heavy atom. The Labute approximate surface area is 168 Å². The summed E-state index contributed by atoms with van der Waals surface area (Å²) in [5.41, 5.74) is 3.14. The van der Waals surface area contributed by atoms with Gasteiger partial charge in [0.25, 0.3) is 0 Å². The normalized spacial score (nSPS) is 14.6. The number of anilines is 2. The highest BCUT2D eigenvalue weighted by Crippen LogP contribution is 2.30. The van der Waals surface area contributed by atoms with Gasteiger partial charge in [0, 0.05) is 36.9 Å². The summed E-state index contributed by atoms with van der Waals surface area (Å²) in [6, 6.07) is 11.5.